The third-order valence-corrected chi connectivity index (χ3v) is 2.81. The van der Waals surface area contributed by atoms with Gasteiger partial charge in [0, 0.05) is 31.3 Å². The van der Waals surface area contributed by atoms with Gasteiger partial charge in [0.1, 0.15) is 6.54 Å². The van der Waals surface area contributed by atoms with Crippen LogP contribution in [0.15, 0.2) is 24.3 Å². The topological polar surface area (TPSA) is 78.5 Å². The smallest absolute Gasteiger partial charge is 0.244 e. The molecule has 6 heteroatoms. The Bertz CT molecular complexity index is 541. The van der Waals surface area contributed by atoms with Crippen molar-refractivity contribution in [2.45, 2.75) is 33.7 Å². The normalized spacial score (nSPS) is 10.1. The maximum absolute atomic E-state index is 12.0. The molecule has 0 fully saturated rings. The number of carbonyl (C=O) groups is 3. The number of amides is 3. The fraction of sp³-hybridized carbons (Fsp3) is 0.400. The van der Waals surface area contributed by atoms with Crippen molar-refractivity contribution in [3.63, 3.8) is 0 Å². The first-order valence-corrected chi connectivity index (χ1v) is 6.74. The molecule has 0 aliphatic carbocycles. The van der Waals surface area contributed by atoms with Crippen LogP contribution in [0.2, 0.25) is 0 Å². The summed E-state index contributed by atoms with van der Waals surface area (Å²) in [5.74, 6) is -0.605. The summed E-state index contributed by atoms with van der Waals surface area (Å²) >= 11 is 0. The van der Waals surface area contributed by atoms with E-state index in [0.717, 1.165) is 0 Å². The molecule has 1 aromatic rings. The number of nitrogens with one attached hydrogen (secondary N) is 2. The van der Waals surface area contributed by atoms with E-state index in [-0.39, 0.29) is 30.3 Å². The highest BCUT2D eigenvalue weighted by atomic mass is 16.2. The molecular weight excluding hydrogens is 270 g/mol. The summed E-state index contributed by atoms with van der Waals surface area (Å²) in [6, 6.07) is 6.79. The predicted octanol–water partition coefficient (Wildman–Crippen LogP) is 1.84. The minimum Gasteiger partial charge on any atom is -0.331 e. The van der Waals surface area contributed by atoms with Gasteiger partial charge >= 0.3 is 0 Å². The van der Waals surface area contributed by atoms with E-state index in [9.17, 15) is 14.4 Å². The number of nitrogens with zero attached hydrogens (tertiary/aromatic N) is 1. The summed E-state index contributed by atoms with van der Waals surface area (Å²) in [6.45, 7) is 6.55. The Morgan fingerprint density at radius 1 is 1.10 bits per heavy atom. The van der Waals surface area contributed by atoms with Gasteiger partial charge in [-0.15, -0.1) is 0 Å². The summed E-state index contributed by atoms with van der Waals surface area (Å²) in [6.07, 6.45) is 0. The molecule has 2 N–H and O–H groups in total. The minimum atomic E-state index is -0.279. The molecule has 0 heterocycles. The first-order chi connectivity index (χ1) is 9.79. The van der Waals surface area contributed by atoms with E-state index in [0.29, 0.717) is 11.4 Å². The van der Waals surface area contributed by atoms with E-state index in [1.54, 1.807) is 24.3 Å². The van der Waals surface area contributed by atoms with Gasteiger partial charge in [0.25, 0.3) is 0 Å². The molecule has 0 unspecified atom stereocenters. The molecule has 114 valence electrons. The van der Waals surface area contributed by atoms with E-state index in [2.05, 4.69) is 10.6 Å². The fourth-order valence-corrected chi connectivity index (χ4v) is 1.89. The van der Waals surface area contributed by atoms with Crippen molar-refractivity contribution in [1.82, 2.24) is 4.90 Å². The number of hydrogen-bond donors (Lipinski definition) is 2. The first-order valence-electron chi connectivity index (χ1n) is 6.74. The largest absolute Gasteiger partial charge is 0.331 e. The lowest BCUT2D eigenvalue weighted by Crippen LogP contribution is -2.41. The third kappa shape index (κ3) is 5.64. The van der Waals surface area contributed by atoms with Crippen LogP contribution in [0.5, 0.6) is 0 Å². The third-order valence-electron chi connectivity index (χ3n) is 2.81. The van der Waals surface area contributed by atoms with E-state index in [1.165, 1.54) is 18.7 Å². The van der Waals surface area contributed by atoms with Gasteiger partial charge in [0.05, 0.1) is 0 Å². The van der Waals surface area contributed by atoms with Gasteiger partial charge in [0.15, 0.2) is 0 Å². The molecule has 21 heavy (non-hydrogen) atoms. The highest BCUT2D eigenvalue weighted by molar-refractivity contribution is 5.95. The standard InChI is InChI=1S/C15H21N3O3/c1-10(2)18(12(4)20)9-15(21)17-14-7-5-6-13(8-14)16-11(3)19/h5-8,10H,9H2,1-4H3,(H,16,19)(H,17,21). The zero-order chi connectivity index (χ0) is 16.0. The Kier molecular flexibility index (Phi) is 5.90. The van der Waals surface area contributed by atoms with E-state index in [4.69, 9.17) is 0 Å². The Balaban J connectivity index is 2.70. The van der Waals surface area contributed by atoms with E-state index < -0.39 is 0 Å². The van der Waals surface area contributed by atoms with E-state index in [1.807, 2.05) is 13.8 Å². The zero-order valence-electron chi connectivity index (χ0n) is 12.8. The van der Waals surface area contributed by atoms with Crippen LogP contribution in [-0.4, -0.2) is 35.2 Å². The van der Waals surface area contributed by atoms with Gasteiger partial charge < -0.3 is 15.5 Å². The molecule has 0 bridgehead atoms. The van der Waals surface area contributed by atoms with Crippen LogP contribution >= 0.6 is 0 Å². The van der Waals surface area contributed by atoms with Crippen molar-refractivity contribution in [2.75, 3.05) is 17.2 Å². The van der Waals surface area contributed by atoms with Gasteiger partial charge in [-0.2, -0.15) is 0 Å². The number of hydrogen-bond acceptors (Lipinski definition) is 3. The molecule has 6 nitrogen and oxygen atoms in total. The van der Waals surface area contributed by atoms with Crippen molar-refractivity contribution in [3.05, 3.63) is 24.3 Å². The molecule has 0 spiro atoms. The lowest BCUT2D eigenvalue weighted by Gasteiger charge is -2.24. The van der Waals surface area contributed by atoms with Crippen molar-refractivity contribution >= 4 is 29.1 Å². The second-order valence-electron chi connectivity index (χ2n) is 5.05. The van der Waals surface area contributed by atoms with Gasteiger partial charge in [-0.05, 0) is 32.0 Å². The maximum Gasteiger partial charge on any atom is 0.244 e. The minimum absolute atomic E-state index is 0.00261. The highest BCUT2D eigenvalue weighted by Gasteiger charge is 2.16. The molecule has 0 saturated carbocycles. The molecule has 0 atom stereocenters. The molecule has 0 aliphatic heterocycles. The average Bonchev–Trinajstić information content (AvgIpc) is 2.34. The highest BCUT2D eigenvalue weighted by Crippen LogP contribution is 2.15. The Labute approximate surface area is 124 Å². The molecule has 0 aliphatic rings. The SMILES string of the molecule is CC(=O)Nc1cccc(NC(=O)CN(C(C)=O)C(C)C)c1. The molecule has 1 aromatic carbocycles. The molecule has 3 amide bonds. The molecule has 0 radical (unpaired) electrons. The van der Waals surface area contributed by atoms with Gasteiger partial charge in [0.2, 0.25) is 17.7 Å². The van der Waals surface area contributed by atoms with Crippen molar-refractivity contribution in [3.8, 4) is 0 Å². The molecule has 0 saturated heterocycles. The van der Waals surface area contributed by atoms with Crippen molar-refractivity contribution in [1.29, 1.82) is 0 Å². The van der Waals surface area contributed by atoms with Crippen LogP contribution in [0.1, 0.15) is 27.7 Å². The summed E-state index contributed by atoms with van der Waals surface area (Å²) in [5, 5.41) is 5.35. The monoisotopic (exact) mass is 291 g/mol. The van der Waals surface area contributed by atoms with Crippen LogP contribution in [0.25, 0.3) is 0 Å². The van der Waals surface area contributed by atoms with Crippen LogP contribution < -0.4 is 10.6 Å². The predicted molar refractivity (Wildman–Crippen MR) is 81.9 cm³/mol. The van der Waals surface area contributed by atoms with E-state index >= 15 is 0 Å². The van der Waals surface area contributed by atoms with Crippen molar-refractivity contribution in [2.24, 2.45) is 0 Å². The van der Waals surface area contributed by atoms with Crippen LogP contribution in [0, 0.1) is 0 Å². The van der Waals surface area contributed by atoms with Gasteiger partial charge in [-0.25, -0.2) is 0 Å². The number of anilines is 2. The number of benzene rings is 1. The quantitative estimate of drug-likeness (QED) is 0.869. The molecule has 0 aromatic heterocycles. The molecular formula is C15H21N3O3. The lowest BCUT2D eigenvalue weighted by atomic mass is 10.2. The number of carbonyl (C=O) groups excluding carboxylic acids is 3. The van der Waals surface area contributed by atoms with Gasteiger partial charge in [-0.3, -0.25) is 14.4 Å². The average molecular weight is 291 g/mol. The second-order valence-corrected chi connectivity index (χ2v) is 5.05. The summed E-state index contributed by atoms with van der Waals surface area (Å²) in [5.41, 5.74) is 1.17. The van der Waals surface area contributed by atoms with Crippen molar-refractivity contribution < 1.29 is 14.4 Å². The van der Waals surface area contributed by atoms with Crippen LogP contribution in [-0.2, 0) is 14.4 Å². The summed E-state index contributed by atoms with van der Waals surface area (Å²) < 4.78 is 0. The Hall–Kier alpha value is -2.37. The first kappa shape index (κ1) is 16.7. The summed E-state index contributed by atoms with van der Waals surface area (Å²) in [4.78, 5) is 35.9. The van der Waals surface area contributed by atoms with Crippen LogP contribution in [0.3, 0.4) is 0 Å². The maximum atomic E-state index is 12.0. The fourth-order valence-electron chi connectivity index (χ4n) is 1.89. The second kappa shape index (κ2) is 7.42. The zero-order valence-corrected chi connectivity index (χ0v) is 12.8. The lowest BCUT2D eigenvalue weighted by molar-refractivity contribution is -0.134. The van der Waals surface area contributed by atoms with Gasteiger partial charge in [-0.1, -0.05) is 6.07 Å². The summed E-state index contributed by atoms with van der Waals surface area (Å²) in [7, 11) is 0. The van der Waals surface area contributed by atoms with Crippen LogP contribution in [0.4, 0.5) is 11.4 Å². The molecule has 1 rings (SSSR count). The Morgan fingerprint density at radius 2 is 1.67 bits per heavy atom. The Morgan fingerprint density at radius 3 is 2.14 bits per heavy atom. The number of rotatable bonds is 5.